The smallest absolute Gasteiger partial charge is 0.317 e. The van der Waals surface area contributed by atoms with Crippen LogP contribution in [0.25, 0.3) is 0 Å². The van der Waals surface area contributed by atoms with Crippen LogP contribution in [0.1, 0.15) is 35.8 Å². The van der Waals surface area contributed by atoms with Gasteiger partial charge in [-0.1, -0.05) is 25.1 Å². The summed E-state index contributed by atoms with van der Waals surface area (Å²) >= 11 is 1.63. The Labute approximate surface area is 146 Å². The zero-order valence-corrected chi connectivity index (χ0v) is 14.9. The van der Waals surface area contributed by atoms with Crippen LogP contribution in [0.5, 0.6) is 5.75 Å². The predicted molar refractivity (Wildman–Crippen MR) is 95.9 cm³/mol. The fraction of sp³-hybridized carbons (Fsp3) is 0.444. The number of urea groups is 1. The first kappa shape index (κ1) is 16.8. The molecule has 2 amide bonds. The van der Waals surface area contributed by atoms with E-state index in [-0.39, 0.29) is 11.9 Å². The van der Waals surface area contributed by atoms with Gasteiger partial charge < -0.3 is 15.0 Å². The fourth-order valence-corrected chi connectivity index (χ4v) is 3.71. The lowest BCUT2D eigenvalue weighted by molar-refractivity contribution is 0.203. The molecular formula is C18H23N3O2S. The van der Waals surface area contributed by atoms with Crippen LogP contribution in [0.2, 0.25) is 0 Å². The molecule has 0 aliphatic carbocycles. The summed E-state index contributed by atoms with van der Waals surface area (Å²) in [6, 6.07) is 8.03. The summed E-state index contributed by atoms with van der Waals surface area (Å²) in [5.74, 6) is 1.49. The van der Waals surface area contributed by atoms with Gasteiger partial charge in [-0.15, -0.1) is 11.3 Å². The van der Waals surface area contributed by atoms with Gasteiger partial charge in [0.25, 0.3) is 0 Å². The molecule has 1 aromatic carbocycles. The molecule has 1 N–H and O–H groups in total. The molecular weight excluding hydrogens is 322 g/mol. The van der Waals surface area contributed by atoms with Gasteiger partial charge in [0.2, 0.25) is 0 Å². The van der Waals surface area contributed by atoms with Crippen LogP contribution in [0.4, 0.5) is 4.79 Å². The van der Waals surface area contributed by atoms with Gasteiger partial charge in [-0.05, 0) is 18.1 Å². The molecule has 2 heterocycles. The van der Waals surface area contributed by atoms with Crippen molar-refractivity contribution in [3.8, 4) is 5.75 Å². The van der Waals surface area contributed by atoms with Crippen molar-refractivity contribution >= 4 is 17.4 Å². The number of carbonyl (C=O) groups is 1. The Morgan fingerprint density at radius 2 is 2.33 bits per heavy atom. The summed E-state index contributed by atoms with van der Waals surface area (Å²) < 4.78 is 5.67. The zero-order chi connectivity index (χ0) is 16.9. The van der Waals surface area contributed by atoms with Crippen LogP contribution < -0.4 is 10.1 Å². The molecule has 0 saturated heterocycles. The minimum atomic E-state index is -0.0395. The van der Waals surface area contributed by atoms with Crippen molar-refractivity contribution in [2.45, 2.75) is 25.2 Å². The largest absolute Gasteiger partial charge is 0.493 e. The number of thiazole rings is 1. The lowest BCUT2D eigenvalue weighted by Gasteiger charge is -2.27. The van der Waals surface area contributed by atoms with E-state index in [1.165, 1.54) is 5.56 Å². The molecule has 6 heteroatoms. The number of hydrogen-bond donors (Lipinski definition) is 1. The van der Waals surface area contributed by atoms with Gasteiger partial charge in [0.15, 0.2) is 0 Å². The van der Waals surface area contributed by atoms with Crippen LogP contribution in [0.3, 0.4) is 0 Å². The van der Waals surface area contributed by atoms with Gasteiger partial charge >= 0.3 is 6.03 Å². The Balaban J connectivity index is 1.52. The van der Waals surface area contributed by atoms with E-state index in [9.17, 15) is 4.79 Å². The number of likely N-dealkylation sites (N-methyl/N-ethyl adjacent to an activating group) is 1. The van der Waals surface area contributed by atoms with Gasteiger partial charge in [-0.2, -0.15) is 0 Å². The number of benzene rings is 1. The average molecular weight is 345 g/mol. The van der Waals surface area contributed by atoms with Crippen molar-refractivity contribution in [3.05, 3.63) is 46.4 Å². The minimum absolute atomic E-state index is 0.0395. The highest BCUT2D eigenvalue weighted by Crippen LogP contribution is 2.32. The summed E-state index contributed by atoms with van der Waals surface area (Å²) in [6.07, 6.45) is 2.73. The summed E-state index contributed by atoms with van der Waals surface area (Å²) in [5, 5.41) is 6.09. The molecule has 1 aromatic heterocycles. The lowest BCUT2D eigenvalue weighted by Crippen LogP contribution is -2.41. The summed E-state index contributed by atoms with van der Waals surface area (Å²) in [6.45, 7) is 4.09. The molecule has 0 spiro atoms. The summed E-state index contributed by atoms with van der Waals surface area (Å²) in [4.78, 5) is 18.4. The molecule has 0 unspecified atom stereocenters. The molecule has 0 bridgehead atoms. The highest BCUT2D eigenvalue weighted by molar-refractivity contribution is 7.09. The van der Waals surface area contributed by atoms with Crippen molar-refractivity contribution in [2.75, 3.05) is 26.7 Å². The lowest BCUT2D eigenvalue weighted by atomic mass is 9.93. The molecule has 5 nitrogen and oxygen atoms in total. The van der Waals surface area contributed by atoms with Gasteiger partial charge in [0, 0.05) is 43.5 Å². The monoisotopic (exact) mass is 345 g/mol. The van der Waals surface area contributed by atoms with Crippen LogP contribution in [-0.4, -0.2) is 42.7 Å². The Morgan fingerprint density at radius 1 is 1.50 bits per heavy atom. The quantitative estimate of drug-likeness (QED) is 0.903. The van der Waals surface area contributed by atoms with Gasteiger partial charge in [-0.25, -0.2) is 9.78 Å². The first-order valence-electron chi connectivity index (χ1n) is 8.25. The second-order valence-electron chi connectivity index (χ2n) is 6.21. The van der Waals surface area contributed by atoms with Crippen LogP contribution in [0, 0.1) is 0 Å². The number of hydrogen-bond acceptors (Lipinski definition) is 4. The maximum atomic E-state index is 12.4. The van der Waals surface area contributed by atoms with Crippen molar-refractivity contribution in [2.24, 2.45) is 0 Å². The first-order valence-corrected chi connectivity index (χ1v) is 9.13. The third kappa shape index (κ3) is 3.87. The fourth-order valence-electron chi connectivity index (χ4n) is 3.02. The highest BCUT2D eigenvalue weighted by Gasteiger charge is 2.22. The summed E-state index contributed by atoms with van der Waals surface area (Å²) in [5.41, 5.74) is 1.18. The van der Waals surface area contributed by atoms with Gasteiger partial charge in [0.05, 0.1) is 11.6 Å². The molecule has 3 rings (SSSR count). The van der Waals surface area contributed by atoms with E-state index >= 15 is 0 Å². The van der Waals surface area contributed by atoms with Gasteiger partial charge in [-0.3, -0.25) is 0 Å². The molecule has 1 aliphatic rings. The molecule has 0 saturated carbocycles. The third-order valence-corrected chi connectivity index (χ3v) is 5.36. The van der Waals surface area contributed by atoms with E-state index in [0.717, 1.165) is 17.2 Å². The Kier molecular flexibility index (Phi) is 5.35. The number of carbonyl (C=O) groups excluding carboxylic acids is 1. The zero-order valence-electron chi connectivity index (χ0n) is 14.1. The average Bonchev–Trinajstić information content (AvgIpc) is 3.14. The molecule has 2 atom stereocenters. The van der Waals surface area contributed by atoms with E-state index in [1.54, 1.807) is 22.4 Å². The normalized spacial score (nSPS) is 17.5. The van der Waals surface area contributed by atoms with Crippen molar-refractivity contribution < 1.29 is 9.53 Å². The standard InChI is InChI=1S/C18H23N3O2S/c1-13(17-19-8-10-24-17)12-21(2)18(22)20-11-14-7-9-23-16-6-4-3-5-15(14)16/h3-6,8,10,13-14H,7,9,11-12H2,1-2H3,(H,20,22)/t13-,14+/m1/s1. The number of rotatable bonds is 5. The second-order valence-corrected chi connectivity index (χ2v) is 7.14. The third-order valence-electron chi connectivity index (χ3n) is 4.35. The minimum Gasteiger partial charge on any atom is -0.493 e. The molecule has 0 fully saturated rings. The van der Waals surface area contributed by atoms with E-state index < -0.39 is 0 Å². The maximum Gasteiger partial charge on any atom is 0.317 e. The van der Waals surface area contributed by atoms with Crippen molar-refractivity contribution in [1.82, 2.24) is 15.2 Å². The Morgan fingerprint density at radius 3 is 3.12 bits per heavy atom. The van der Waals surface area contributed by atoms with Gasteiger partial charge in [0.1, 0.15) is 5.75 Å². The predicted octanol–water partition coefficient (Wildman–Crippen LogP) is 3.45. The van der Waals surface area contributed by atoms with E-state index in [1.807, 2.05) is 30.6 Å². The molecule has 1 aliphatic heterocycles. The van der Waals surface area contributed by atoms with E-state index in [2.05, 4.69) is 23.3 Å². The number of amides is 2. The summed E-state index contributed by atoms with van der Waals surface area (Å²) in [7, 11) is 1.83. The van der Waals surface area contributed by atoms with Crippen LogP contribution in [-0.2, 0) is 0 Å². The van der Waals surface area contributed by atoms with E-state index in [0.29, 0.717) is 25.6 Å². The molecule has 128 valence electrons. The molecule has 24 heavy (non-hydrogen) atoms. The van der Waals surface area contributed by atoms with E-state index in [4.69, 9.17) is 4.74 Å². The Hall–Kier alpha value is -2.08. The topological polar surface area (TPSA) is 54.5 Å². The van der Waals surface area contributed by atoms with Crippen molar-refractivity contribution in [3.63, 3.8) is 0 Å². The number of ether oxygens (including phenoxy) is 1. The number of fused-ring (bicyclic) bond motifs is 1. The number of para-hydroxylation sites is 1. The number of nitrogens with zero attached hydrogens (tertiary/aromatic N) is 2. The maximum absolute atomic E-state index is 12.4. The highest BCUT2D eigenvalue weighted by atomic mass is 32.1. The number of nitrogens with one attached hydrogen (secondary N) is 1. The van der Waals surface area contributed by atoms with Crippen LogP contribution in [0.15, 0.2) is 35.8 Å². The second kappa shape index (κ2) is 7.66. The van der Waals surface area contributed by atoms with Crippen LogP contribution >= 0.6 is 11.3 Å². The first-order chi connectivity index (χ1) is 11.6. The molecule has 2 aromatic rings. The van der Waals surface area contributed by atoms with Crippen molar-refractivity contribution in [1.29, 1.82) is 0 Å². The number of aromatic nitrogens is 1. The molecule has 0 radical (unpaired) electrons. The Bertz CT molecular complexity index is 675. The SMILES string of the molecule is C[C@H](CN(C)C(=O)NC[C@@H]1CCOc2ccccc21)c1nccs1.